The average molecular weight is 391 g/mol. The molecule has 0 radical (unpaired) electrons. The predicted octanol–water partition coefficient (Wildman–Crippen LogP) is 5.47. The molecule has 0 N–H and O–H groups in total. The Bertz CT molecular complexity index is 1140. The number of carbonyl (C=O) groups is 1. The molecule has 0 fully saturated rings. The first-order chi connectivity index (χ1) is 13.7. The summed E-state index contributed by atoms with van der Waals surface area (Å²) in [4.78, 5) is 24.7. The molecular formula is C22H18FN3OS. The van der Waals surface area contributed by atoms with Gasteiger partial charge >= 0.3 is 0 Å². The zero-order chi connectivity index (χ0) is 19.5. The Kier molecular flexibility index (Phi) is 5.21. The van der Waals surface area contributed by atoms with Crippen molar-refractivity contribution >= 4 is 27.3 Å². The lowest BCUT2D eigenvalue weighted by molar-refractivity contribution is -0.118. The van der Waals surface area contributed by atoms with Crippen LogP contribution in [0.4, 0.5) is 4.39 Å². The second-order valence-electron chi connectivity index (χ2n) is 6.53. The zero-order valence-corrected chi connectivity index (χ0v) is 16.2. The molecule has 3 aromatic heterocycles. The van der Waals surface area contributed by atoms with Crippen LogP contribution in [0.1, 0.15) is 24.8 Å². The van der Waals surface area contributed by atoms with Gasteiger partial charge in [0.25, 0.3) is 0 Å². The molecule has 0 aliphatic carbocycles. The maximum atomic E-state index is 14.5. The molecule has 0 spiro atoms. The summed E-state index contributed by atoms with van der Waals surface area (Å²) in [5, 5.41) is 0.752. The van der Waals surface area contributed by atoms with Crippen molar-refractivity contribution in [2.75, 3.05) is 0 Å². The molecule has 4 nitrogen and oxygen atoms in total. The van der Waals surface area contributed by atoms with Crippen LogP contribution in [-0.2, 0) is 11.2 Å². The summed E-state index contributed by atoms with van der Waals surface area (Å²) in [7, 11) is 0. The van der Waals surface area contributed by atoms with Gasteiger partial charge in [0.05, 0.1) is 16.6 Å². The van der Waals surface area contributed by atoms with E-state index >= 15 is 0 Å². The number of hydrogen-bond donors (Lipinski definition) is 0. The first-order valence-electron chi connectivity index (χ1n) is 9.12. The first kappa shape index (κ1) is 18.4. The summed E-state index contributed by atoms with van der Waals surface area (Å²) in [6.07, 6.45) is 6.58. The zero-order valence-electron chi connectivity index (χ0n) is 15.4. The molecule has 0 bridgehead atoms. The number of pyridine rings is 2. The van der Waals surface area contributed by atoms with Crippen LogP contribution in [0, 0.1) is 5.95 Å². The van der Waals surface area contributed by atoms with E-state index in [-0.39, 0.29) is 5.78 Å². The molecule has 0 atom stereocenters. The molecule has 140 valence electrons. The largest absolute Gasteiger partial charge is 0.299 e. The third-order valence-corrected chi connectivity index (χ3v) is 5.56. The summed E-state index contributed by atoms with van der Waals surface area (Å²) in [5.74, 6) is -0.354. The number of Topliss-reactive ketones (excluding diaryl/α,β-unsaturated/α-hetero) is 1. The molecule has 1 aromatic carbocycles. The molecule has 0 saturated carbocycles. The van der Waals surface area contributed by atoms with E-state index in [4.69, 9.17) is 0 Å². The Balaban J connectivity index is 1.90. The number of carbonyl (C=O) groups excluding carboxylic acids is 1. The van der Waals surface area contributed by atoms with Gasteiger partial charge < -0.3 is 0 Å². The quantitative estimate of drug-likeness (QED) is 0.409. The third kappa shape index (κ3) is 3.68. The van der Waals surface area contributed by atoms with Gasteiger partial charge in [-0.15, -0.1) is 11.3 Å². The molecule has 4 aromatic rings. The van der Waals surface area contributed by atoms with E-state index in [9.17, 15) is 9.18 Å². The number of hydrogen-bond acceptors (Lipinski definition) is 5. The molecule has 0 aliphatic rings. The fourth-order valence-corrected chi connectivity index (χ4v) is 4.28. The van der Waals surface area contributed by atoms with E-state index in [1.807, 2.05) is 31.2 Å². The monoisotopic (exact) mass is 391 g/mol. The summed E-state index contributed by atoms with van der Waals surface area (Å²) < 4.78 is 15.3. The van der Waals surface area contributed by atoms with Gasteiger partial charge in [0.2, 0.25) is 5.95 Å². The Morgan fingerprint density at radius 2 is 1.96 bits per heavy atom. The maximum Gasteiger partial charge on any atom is 0.220 e. The summed E-state index contributed by atoms with van der Waals surface area (Å²) in [6.45, 7) is 1.99. The van der Waals surface area contributed by atoms with Gasteiger partial charge in [0.15, 0.2) is 0 Å². The van der Waals surface area contributed by atoms with Gasteiger partial charge in [-0.2, -0.15) is 4.39 Å². The topological polar surface area (TPSA) is 55.7 Å². The van der Waals surface area contributed by atoms with Crippen molar-refractivity contribution in [1.82, 2.24) is 15.0 Å². The van der Waals surface area contributed by atoms with Gasteiger partial charge in [-0.3, -0.25) is 9.78 Å². The molecule has 3 heterocycles. The molecule has 28 heavy (non-hydrogen) atoms. The minimum atomic E-state index is -0.524. The van der Waals surface area contributed by atoms with Crippen molar-refractivity contribution in [1.29, 1.82) is 0 Å². The van der Waals surface area contributed by atoms with E-state index in [0.717, 1.165) is 38.3 Å². The van der Waals surface area contributed by atoms with Gasteiger partial charge in [-0.1, -0.05) is 13.0 Å². The van der Waals surface area contributed by atoms with Crippen molar-refractivity contribution in [2.45, 2.75) is 26.2 Å². The number of nitrogens with zero attached hydrogens (tertiary/aromatic N) is 3. The van der Waals surface area contributed by atoms with Gasteiger partial charge in [0.1, 0.15) is 10.8 Å². The Labute approximate surface area is 166 Å². The van der Waals surface area contributed by atoms with Crippen LogP contribution in [0.5, 0.6) is 0 Å². The SMILES string of the molecule is CCCC(=O)Cc1nc2cc(-c3cccnc3)cc(-c3cccnc3F)c2s1. The van der Waals surface area contributed by atoms with Crippen LogP contribution in [0.2, 0.25) is 0 Å². The Hall–Kier alpha value is -2.99. The highest BCUT2D eigenvalue weighted by atomic mass is 32.1. The summed E-state index contributed by atoms with van der Waals surface area (Å²) in [5.41, 5.74) is 3.73. The molecule has 0 amide bonds. The first-order valence-corrected chi connectivity index (χ1v) is 9.94. The standard InChI is InChI=1S/C22H18FN3OS/c1-2-5-16(27)12-20-26-19-11-15(14-6-3-8-24-13-14)10-18(21(19)28-20)17-7-4-9-25-22(17)23/h3-4,6-11,13H,2,5,12H2,1H3. The number of thiazole rings is 1. The minimum Gasteiger partial charge on any atom is -0.299 e. The molecule has 4 rings (SSSR count). The molecule has 0 unspecified atom stereocenters. The molecule has 0 aliphatic heterocycles. The minimum absolute atomic E-state index is 0.170. The lowest BCUT2D eigenvalue weighted by Gasteiger charge is -2.08. The maximum absolute atomic E-state index is 14.5. The highest BCUT2D eigenvalue weighted by molar-refractivity contribution is 7.19. The Morgan fingerprint density at radius 1 is 1.11 bits per heavy atom. The van der Waals surface area contributed by atoms with E-state index in [0.29, 0.717) is 18.4 Å². The van der Waals surface area contributed by atoms with Crippen molar-refractivity contribution < 1.29 is 9.18 Å². The second kappa shape index (κ2) is 7.94. The van der Waals surface area contributed by atoms with Crippen LogP contribution >= 0.6 is 11.3 Å². The number of benzene rings is 1. The van der Waals surface area contributed by atoms with Gasteiger partial charge in [-0.25, -0.2) is 9.97 Å². The van der Waals surface area contributed by atoms with Gasteiger partial charge in [0, 0.05) is 41.7 Å². The third-order valence-electron chi connectivity index (χ3n) is 4.46. The normalized spacial score (nSPS) is 11.1. The van der Waals surface area contributed by atoms with Crippen molar-refractivity contribution in [2.24, 2.45) is 0 Å². The number of fused-ring (bicyclic) bond motifs is 1. The van der Waals surface area contributed by atoms with Crippen LogP contribution in [0.25, 0.3) is 32.5 Å². The molecular weight excluding hydrogens is 373 g/mol. The van der Waals surface area contributed by atoms with Gasteiger partial charge in [-0.05, 0) is 42.3 Å². The predicted molar refractivity (Wildman–Crippen MR) is 110 cm³/mol. The van der Waals surface area contributed by atoms with E-state index in [1.165, 1.54) is 17.5 Å². The van der Waals surface area contributed by atoms with Crippen LogP contribution in [0.15, 0.2) is 55.0 Å². The number of aromatic nitrogens is 3. The summed E-state index contributed by atoms with van der Waals surface area (Å²) in [6, 6.07) is 11.2. The smallest absolute Gasteiger partial charge is 0.220 e. The second-order valence-corrected chi connectivity index (χ2v) is 7.61. The fourth-order valence-electron chi connectivity index (χ4n) is 3.18. The number of ketones is 1. The Morgan fingerprint density at radius 3 is 2.71 bits per heavy atom. The fraction of sp³-hybridized carbons (Fsp3) is 0.182. The van der Waals surface area contributed by atoms with Crippen LogP contribution in [0.3, 0.4) is 0 Å². The van der Waals surface area contributed by atoms with E-state index < -0.39 is 5.95 Å². The van der Waals surface area contributed by atoms with Crippen molar-refractivity contribution in [3.8, 4) is 22.3 Å². The highest BCUT2D eigenvalue weighted by Gasteiger charge is 2.17. The van der Waals surface area contributed by atoms with E-state index in [1.54, 1.807) is 24.5 Å². The number of halogens is 1. The van der Waals surface area contributed by atoms with Crippen molar-refractivity contribution in [3.63, 3.8) is 0 Å². The molecule has 6 heteroatoms. The highest BCUT2D eigenvalue weighted by Crippen LogP contribution is 2.38. The number of rotatable bonds is 6. The lowest BCUT2D eigenvalue weighted by Crippen LogP contribution is -2.00. The average Bonchev–Trinajstić information content (AvgIpc) is 3.11. The van der Waals surface area contributed by atoms with Crippen molar-refractivity contribution in [3.05, 3.63) is 65.9 Å². The van der Waals surface area contributed by atoms with Crippen LogP contribution in [-0.4, -0.2) is 20.7 Å². The van der Waals surface area contributed by atoms with Crippen LogP contribution < -0.4 is 0 Å². The van der Waals surface area contributed by atoms with E-state index in [2.05, 4.69) is 15.0 Å². The molecule has 0 saturated heterocycles. The summed E-state index contributed by atoms with van der Waals surface area (Å²) >= 11 is 1.44. The lowest BCUT2D eigenvalue weighted by atomic mass is 10.00.